The van der Waals surface area contributed by atoms with Crippen LogP contribution in [0.2, 0.25) is 0 Å². The third-order valence-corrected chi connectivity index (χ3v) is 11.3. The van der Waals surface area contributed by atoms with E-state index in [1.165, 1.54) is 76.4 Å². The smallest absolute Gasteiger partial charge is 0.0547 e. The van der Waals surface area contributed by atoms with Crippen molar-refractivity contribution in [1.29, 1.82) is 0 Å². The van der Waals surface area contributed by atoms with Crippen LogP contribution in [0.15, 0.2) is 218 Å². The molecule has 1 aromatic heterocycles. The zero-order chi connectivity index (χ0) is 37.0. The van der Waals surface area contributed by atoms with Gasteiger partial charge >= 0.3 is 0 Å². The lowest BCUT2D eigenvalue weighted by Gasteiger charge is -2.30. The largest absolute Gasteiger partial charge is 0.309 e. The predicted molar refractivity (Wildman–Crippen MR) is 239 cm³/mol. The molecule has 2 nitrogen and oxygen atoms in total. The van der Waals surface area contributed by atoms with Crippen molar-refractivity contribution in [2.75, 3.05) is 4.90 Å². The van der Waals surface area contributed by atoms with Crippen LogP contribution in [0.4, 0.5) is 17.1 Å². The van der Waals surface area contributed by atoms with Crippen molar-refractivity contribution in [3.63, 3.8) is 0 Å². The number of aromatic nitrogens is 1. The quantitative estimate of drug-likeness (QED) is 0.156. The summed E-state index contributed by atoms with van der Waals surface area (Å²) in [6, 6.07) is 79.6. The number of anilines is 3. The summed E-state index contributed by atoms with van der Waals surface area (Å²) in [7, 11) is 0. The number of hydrogen-bond acceptors (Lipinski definition) is 1. The molecule has 0 atom stereocenters. The first-order valence-electron chi connectivity index (χ1n) is 19.3. The first kappa shape index (κ1) is 32.0. The number of hydrogen-bond donors (Lipinski definition) is 0. The van der Waals surface area contributed by atoms with E-state index in [1.807, 2.05) is 0 Å². The maximum Gasteiger partial charge on any atom is 0.0547 e. The number of para-hydroxylation sites is 2. The normalized spacial score (nSPS) is 11.6. The molecule has 0 saturated heterocycles. The Morgan fingerprint density at radius 2 is 0.929 bits per heavy atom. The first-order chi connectivity index (χ1) is 27.8. The maximum absolute atomic E-state index is 2.47. The standard InChI is InChI=1S/C54H36N2/c1-3-17-37(18-4-1)45-27-13-14-31-50(45)56(52-36-41-21-9-10-26-44(41)47-28-11-12-29-48(47)52)43-25-15-22-40(33-43)46-30-16-32-51-54(46)49-34-38-19-7-8-20-39(38)35-53(49)55(51)42-23-5-2-6-24-42/h1-36H. The molecule has 0 amide bonds. The molecule has 0 N–H and O–H groups in total. The molecular weight excluding hydrogens is 677 g/mol. The summed E-state index contributed by atoms with van der Waals surface area (Å²) in [5.41, 5.74) is 11.6. The van der Waals surface area contributed by atoms with Gasteiger partial charge < -0.3 is 9.47 Å². The molecule has 0 unspecified atom stereocenters. The highest BCUT2D eigenvalue weighted by Crippen LogP contribution is 2.47. The van der Waals surface area contributed by atoms with Crippen LogP contribution in [0.1, 0.15) is 0 Å². The fourth-order valence-electron chi connectivity index (χ4n) is 8.82. The molecule has 0 aliphatic carbocycles. The highest BCUT2D eigenvalue weighted by Gasteiger charge is 2.22. The molecule has 0 fully saturated rings. The summed E-state index contributed by atoms with van der Waals surface area (Å²) in [4.78, 5) is 2.47. The van der Waals surface area contributed by atoms with Gasteiger partial charge in [-0.2, -0.15) is 0 Å². The van der Waals surface area contributed by atoms with Gasteiger partial charge in [0.15, 0.2) is 0 Å². The molecule has 0 radical (unpaired) electrons. The van der Waals surface area contributed by atoms with E-state index in [4.69, 9.17) is 0 Å². The molecular formula is C54H36N2. The van der Waals surface area contributed by atoms with Gasteiger partial charge in [0.25, 0.3) is 0 Å². The van der Waals surface area contributed by atoms with Gasteiger partial charge in [0.2, 0.25) is 0 Å². The summed E-state index contributed by atoms with van der Waals surface area (Å²) < 4.78 is 2.42. The second-order valence-corrected chi connectivity index (χ2v) is 14.5. The third-order valence-electron chi connectivity index (χ3n) is 11.3. The van der Waals surface area contributed by atoms with Gasteiger partial charge in [-0.15, -0.1) is 0 Å². The van der Waals surface area contributed by atoms with Crippen LogP contribution >= 0.6 is 0 Å². The number of nitrogens with zero attached hydrogens (tertiary/aromatic N) is 2. The zero-order valence-electron chi connectivity index (χ0n) is 30.7. The van der Waals surface area contributed by atoms with Crippen molar-refractivity contribution < 1.29 is 0 Å². The van der Waals surface area contributed by atoms with E-state index in [0.717, 1.165) is 22.7 Å². The minimum Gasteiger partial charge on any atom is -0.309 e. The van der Waals surface area contributed by atoms with Crippen molar-refractivity contribution in [2.24, 2.45) is 0 Å². The second-order valence-electron chi connectivity index (χ2n) is 14.5. The number of rotatable bonds is 6. The topological polar surface area (TPSA) is 8.17 Å². The molecule has 262 valence electrons. The van der Waals surface area contributed by atoms with Crippen molar-refractivity contribution in [1.82, 2.24) is 4.57 Å². The van der Waals surface area contributed by atoms with Crippen LogP contribution in [-0.4, -0.2) is 4.57 Å². The van der Waals surface area contributed by atoms with Crippen LogP contribution in [0, 0.1) is 0 Å². The lowest BCUT2D eigenvalue weighted by atomic mass is 9.96. The van der Waals surface area contributed by atoms with Gasteiger partial charge in [-0.25, -0.2) is 0 Å². The van der Waals surface area contributed by atoms with Crippen LogP contribution in [0.25, 0.3) is 82.1 Å². The van der Waals surface area contributed by atoms with E-state index in [2.05, 4.69) is 228 Å². The van der Waals surface area contributed by atoms with Gasteiger partial charge in [0.05, 0.1) is 22.4 Å². The van der Waals surface area contributed by atoms with E-state index in [0.29, 0.717) is 0 Å². The highest BCUT2D eigenvalue weighted by molar-refractivity contribution is 6.19. The second kappa shape index (κ2) is 13.2. The Hall–Kier alpha value is -7.42. The van der Waals surface area contributed by atoms with Crippen molar-refractivity contribution >= 4 is 71.2 Å². The first-order valence-corrected chi connectivity index (χ1v) is 19.3. The molecule has 11 rings (SSSR count). The van der Waals surface area contributed by atoms with Crippen LogP contribution in [0.5, 0.6) is 0 Å². The van der Waals surface area contributed by atoms with E-state index in [9.17, 15) is 0 Å². The van der Waals surface area contributed by atoms with Gasteiger partial charge in [0.1, 0.15) is 0 Å². The average molecular weight is 713 g/mol. The number of fused-ring (bicyclic) bond motifs is 7. The monoisotopic (exact) mass is 712 g/mol. The summed E-state index contributed by atoms with van der Waals surface area (Å²) >= 11 is 0. The van der Waals surface area contributed by atoms with E-state index >= 15 is 0 Å². The van der Waals surface area contributed by atoms with Crippen LogP contribution in [-0.2, 0) is 0 Å². The van der Waals surface area contributed by atoms with Crippen molar-refractivity contribution in [3.05, 3.63) is 218 Å². The van der Waals surface area contributed by atoms with Crippen LogP contribution < -0.4 is 4.90 Å². The summed E-state index contributed by atoms with van der Waals surface area (Å²) in [5.74, 6) is 0. The molecule has 0 bridgehead atoms. The Morgan fingerprint density at radius 1 is 0.321 bits per heavy atom. The van der Waals surface area contributed by atoms with E-state index in [-0.39, 0.29) is 0 Å². The Labute approximate surface area is 325 Å². The van der Waals surface area contributed by atoms with Crippen molar-refractivity contribution in [2.45, 2.75) is 0 Å². The van der Waals surface area contributed by atoms with E-state index in [1.54, 1.807) is 0 Å². The fourth-order valence-corrected chi connectivity index (χ4v) is 8.82. The molecule has 56 heavy (non-hydrogen) atoms. The fraction of sp³-hybridized carbons (Fsp3) is 0. The maximum atomic E-state index is 2.47. The number of benzene rings is 10. The Bertz CT molecular complexity index is 3250. The summed E-state index contributed by atoms with van der Waals surface area (Å²) in [6.45, 7) is 0. The predicted octanol–water partition coefficient (Wildman–Crippen LogP) is 15.0. The molecule has 1 heterocycles. The summed E-state index contributed by atoms with van der Waals surface area (Å²) in [5, 5.41) is 9.89. The van der Waals surface area contributed by atoms with Crippen LogP contribution in [0.3, 0.4) is 0 Å². The Kier molecular flexibility index (Phi) is 7.53. The van der Waals surface area contributed by atoms with Crippen molar-refractivity contribution in [3.8, 4) is 27.9 Å². The van der Waals surface area contributed by atoms with Gasteiger partial charge in [0, 0.05) is 33.1 Å². The molecule has 0 spiro atoms. The molecule has 11 aromatic rings. The third kappa shape index (κ3) is 5.19. The zero-order valence-corrected chi connectivity index (χ0v) is 30.7. The lowest BCUT2D eigenvalue weighted by Crippen LogP contribution is -2.12. The average Bonchev–Trinajstić information content (AvgIpc) is 3.60. The van der Waals surface area contributed by atoms with Gasteiger partial charge in [-0.3, -0.25) is 0 Å². The SMILES string of the molecule is c1ccc(-c2ccccc2N(c2cccc(-c3cccc4c3c3cc5ccccc5cc3n4-c3ccccc3)c2)c2cc3ccccc3c3ccccc23)cc1. The van der Waals surface area contributed by atoms with Gasteiger partial charge in [-0.05, 0) is 98.2 Å². The lowest BCUT2D eigenvalue weighted by molar-refractivity contribution is 1.18. The molecule has 2 heteroatoms. The Balaban J connectivity index is 1.20. The minimum atomic E-state index is 1.10. The van der Waals surface area contributed by atoms with Gasteiger partial charge in [-0.1, -0.05) is 164 Å². The minimum absolute atomic E-state index is 1.10. The molecule has 0 aliphatic rings. The molecule has 0 aliphatic heterocycles. The Morgan fingerprint density at radius 3 is 1.75 bits per heavy atom. The molecule has 0 saturated carbocycles. The highest BCUT2D eigenvalue weighted by atomic mass is 15.1. The summed E-state index contributed by atoms with van der Waals surface area (Å²) in [6.07, 6.45) is 0. The van der Waals surface area contributed by atoms with E-state index < -0.39 is 0 Å². The molecule has 10 aromatic carbocycles.